The summed E-state index contributed by atoms with van der Waals surface area (Å²) in [6, 6.07) is 20.1. The summed E-state index contributed by atoms with van der Waals surface area (Å²) in [5.41, 5.74) is 5.07. The molecule has 0 unspecified atom stereocenters. The lowest BCUT2D eigenvalue weighted by molar-refractivity contribution is 0.0528. The molecule has 0 bridgehead atoms. The fraction of sp³-hybridized carbons (Fsp3) is 0.310. The van der Waals surface area contributed by atoms with Crippen molar-refractivity contribution in [2.75, 3.05) is 39.3 Å². The number of ether oxygens (including phenoxy) is 1. The van der Waals surface area contributed by atoms with Gasteiger partial charge in [-0.1, -0.05) is 48.0 Å². The Hall–Kier alpha value is -3.19. The predicted octanol–water partition coefficient (Wildman–Crippen LogP) is 5.35. The zero-order chi connectivity index (χ0) is 24.9. The van der Waals surface area contributed by atoms with Gasteiger partial charge in [-0.2, -0.15) is 0 Å². The number of halogens is 1. The van der Waals surface area contributed by atoms with Gasteiger partial charge in [0, 0.05) is 79.7 Å². The number of hydrogen-bond donors (Lipinski definition) is 0. The Kier molecular flexibility index (Phi) is 7.66. The summed E-state index contributed by atoms with van der Waals surface area (Å²) >= 11 is 6.07. The van der Waals surface area contributed by atoms with Crippen molar-refractivity contribution in [1.82, 2.24) is 19.4 Å². The molecule has 6 nitrogen and oxygen atoms in total. The van der Waals surface area contributed by atoms with Crippen LogP contribution in [0.5, 0.6) is 0 Å². The minimum absolute atomic E-state index is 0.255. The minimum atomic E-state index is -0.255. The first kappa shape index (κ1) is 24.5. The van der Waals surface area contributed by atoms with Crippen LogP contribution in [0.3, 0.4) is 0 Å². The van der Waals surface area contributed by atoms with Crippen LogP contribution in [0.2, 0.25) is 5.02 Å². The highest BCUT2D eigenvalue weighted by Crippen LogP contribution is 2.25. The third-order valence-corrected chi connectivity index (χ3v) is 7.06. The highest BCUT2D eigenvalue weighted by molar-refractivity contribution is 6.30. The van der Waals surface area contributed by atoms with Gasteiger partial charge in [-0.25, -0.2) is 4.79 Å². The van der Waals surface area contributed by atoms with Gasteiger partial charge in [-0.3, -0.25) is 14.8 Å². The molecular formula is C29H31ClN4O2. The number of fused-ring (bicyclic) bond motifs is 1. The van der Waals surface area contributed by atoms with Gasteiger partial charge in [0.05, 0.1) is 17.9 Å². The molecule has 2 aromatic carbocycles. The first-order chi connectivity index (χ1) is 17.6. The summed E-state index contributed by atoms with van der Waals surface area (Å²) in [7, 11) is 0. The van der Waals surface area contributed by atoms with Gasteiger partial charge >= 0.3 is 5.97 Å². The van der Waals surface area contributed by atoms with Crippen molar-refractivity contribution in [3.63, 3.8) is 0 Å². The van der Waals surface area contributed by atoms with Crippen molar-refractivity contribution < 1.29 is 9.53 Å². The maximum atomic E-state index is 12.4. The van der Waals surface area contributed by atoms with Crippen molar-refractivity contribution in [1.29, 1.82) is 0 Å². The molecule has 4 aromatic rings. The lowest BCUT2D eigenvalue weighted by atomic mass is 10.1. The molecule has 0 N–H and O–H groups in total. The molecule has 0 spiro atoms. The molecule has 1 fully saturated rings. The van der Waals surface area contributed by atoms with Gasteiger partial charge in [0.1, 0.15) is 0 Å². The highest BCUT2D eigenvalue weighted by Gasteiger charge is 2.20. The largest absolute Gasteiger partial charge is 0.462 e. The van der Waals surface area contributed by atoms with Gasteiger partial charge in [0.15, 0.2) is 0 Å². The molecule has 2 aromatic heterocycles. The van der Waals surface area contributed by atoms with E-state index in [1.54, 1.807) is 0 Å². The molecule has 1 aliphatic rings. The third kappa shape index (κ3) is 5.46. The number of piperazine rings is 1. The predicted molar refractivity (Wildman–Crippen MR) is 144 cm³/mol. The number of esters is 1. The molecular weight excluding hydrogens is 472 g/mol. The summed E-state index contributed by atoms with van der Waals surface area (Å²) < 4.78 is 7.45. The van der Waals surface area contributed by atoms with E-state index in [1.807, 2.05) is 67.8 Å². The zero-order valence-corrected chi connectivity index (χ0v) is 21.3. The SMILES string of the molecule is CCOC(=O)c1cn(CCN2CCN(Cc3cccnc3-c3ccc(Cl)cc3)CC2)c2ccccc12. The Morgan fingerprint density at radius 2 is 1.69 bits per heavy atom. The molecule has 3 heterocycles. The monoisotopic (exact) mass is 502 g/mol. The molecule has 1 saturated heterocycles. The summed E-state index contributed by atoms with van der Waals surface area (Å²) in [5.74, 6) is -0.255. The molecule has 0 radical (unpaired) electrons. The van der Waals surface area contributed by atoms with Crippen LogP contribution in [-0.2, 0) is 17.8 Å². The van der Waals surface area contributed by atoms with Crippen molar-refractivity contribution in [2.24, 2.45) is 0 Å². The zero-order valence-electron chi connectivity index (χ0n) is 20.6. The molecule has 0 amide bonds. The lowest BCUT2D eigenvalue weighted by Gasteiger charge is -2.35. The number of nitrogens with zero attached hydrogens (tertiary/aromatic N) is 4. The van der Waals surface area contributed by atoms with Crippen LogP contribution < -0.4 is 0 Å². The highest BCUT2D eigenvalue weighted by atomic mass is 35.5. The quantitative estimate of drug-likeness (QED) is 0.304. The van der Waals surface area contributed by atoms with Crippen molar-refractivity contribution >= 4 is 28.5 Å². The standard InChI is InChI=1S/C29H31ClN4O2/c1-2-36-29(35)26-21-34(27-8-4-3-7-25(26)27)19-18-32-14-16-33(17-15-32)20-23-6-5-13-31-28(23)22-9-11-24(30)12-10-22/h3-13,21H,2,14-20H2,1H3. The Bertz CT molecular complexity index is 1330. The number of para-hydroxylation sites is 1. The van der Waals surface area contributed by atoms with Gasteiger partial charge in [0.2, 0.25) is 0 Å². The van der Waals surface area contributed by atoms with Gasteiger partial charge in [-0.05, 0) is 36.8 Å². The van der Waals surface area contributed by atoms with Gasteiger partial charge in [0.25, 0.3) is 0 Å². The number of aromatic nitrogens is 2. The molecule has 0 saturated carbocycles. The van der Waals surface area contributed by atoms with Crippen LogP contribution in [0.1, 0.15) is 22.8 Å². The maximum Gasteiger partial charge on any atom is 0.340 e. The summed E-state index contributed by atoms with van der Waals surface area (Å²) in [6.07, 6.45) is 3.79. The Morgan fingerprint density at radius 1 is 0.944 bits per heavy atom. The fourth-order valence-electron chi connectivity index (χ4n) is 4.90. The second-order valence-corrected chi connectivity index (χ2v) is 9.55. The minimum Gasteiger partial charge on any atom is -0.462 e. The van der Waals surface area contributed by atoms with E-state index in [0.29, 0.717) is 12.2 Å². The number of pyridine rings is 1. The number of hydrogen-bond acceptors (Lipinski definition) is 5. The molecule has 36 heavy (non-hydrogen) atoms. The molecule has 0 aliphatic carbocycles. The topological polar surface area (TPSA) is 50.6 Å². The van der Waals surface area contributed by atoms with Crippen LogP contribution in [-0.4, -0.2) is 64.7 Å². The van der Waals surface area contributed by atoms with E-state index in [4.69, 9.17) is 16.3 Å². The normalized spacial score (nSPS) is 14.8. The van der Waals surface area contributed by atoms with E-state index < -0.39 is 0 Å². The van der Waals surface area contributed by atoms with Crippen LogP contribution in [0.4, 0.5) is 0 Å². The molecule has 186 valence electrons. The van der Waals surface area contributed by atoms with Crippen LogP contribution in [0.15, 0.2) is 73.1 Å². The Labute approximate surface area is 217 Å². The van der Waals surface area contributed by atoms with Crippen molar-refractivity contribution in [3.8, 4) is 11.3 Å². The van der Waals surface area contributed by atoms with Crippen LogP contribution >= 0.6 is 11.6 Å². The van der Waals surface area contributed by atoms with Crippen molar-refractivity contribution in [2.45, 2.75) is 20.0 Å². The molecule has 7 heteroatoms. The molecule has 1 aliphatic heterocycles. The van der Waals surface area contributed by atoms with Crippen molar-refractivity contribution in [3.05, 3.63) is 89.2 Å². The Balaban J connectivity index is 1.19. The number of carbonyl (C=O) groups excluding carboxylic acids is 1. The van der Waals surface area contributed by atoms with E-state index in [1.165, 1.54) is 5.56 Å². The second kappa shape index (κ2) is 11.2. The number of benzene rings is 2. The summed E-state index contributed by atoms with van der Waals surface area (Å²) in [4.78, 5) is 22.1. The lowest BCUT2D eigenvalue weighted by Crippen LogP contribution is -2.46. The van der Waals surface area contributed by atoms with E-state index in [-0.39, 0.29) is 5.97 Å². The first-order valence-electron chi connectivity index (χ1n) is 12.5. The first-order valence-corrected chi connectivity index (χ1v) is 12.9. The average Bonchev–Trinajstić information content (AvgIpc) is 3.28. The van der Waals surface area contributed by atoms with E-state index in [2.05, 4.69) is 31.5 Å². The van der Waals surface area contributed by atoms with Crippen LogP contribution in [0.25, 0.3) is 22.2 Å². The van der Waals surface area contributed by atoms with E-state index in [0.717, 1.165) is 73.0 Å². The smallest absolute Gasteiger partial charge is 0.340 e. The Morgan fingerprint density at radius 3 is 2.47 bits per heavy atom. The fourth-order valence-corrected chi connectivity index (χ4v) is 5.02. The molecule has 0 atom stereocenters. The molecule has 5 rings (SSSR count). The van der Waals surface area contributed by atoms with Crippen LogP contribution in [0, 0.1) is 0 Å². The number of rotatable bonds is 8. The van der Waals surface area contributed by atoms with E-state index in [9.17, 15) is 4.79 Å². The van der Waals surface area contributed by atoms with E-state index >= 15 is 0 Å². The number of carbonyl (C=O) groups is 1. The average molecular weight is 503 g/mol. The third-order valence-electron chi connectivity index (χ3n) is 6.81. The maximum absolute atomic E-state index is 12.4. The van der Waals surface area contributed by atoms with Gasteiger partial charge < -0.3 is 9.30 Å². The van der Waals surface area contributed by atoms with Gasteiger partial charge in [-0.15, -0.1) is 0 Å². The summed E-state index contributed by atoms with van der Waals surface area (Å²) in [5, 5.41) is 1.69. The second-order valence-electron chi connectivity index (χ2n) is 9.11. The summed E-state index contributed by atoms with van der Waals surface area (Å²) in [6.45, 7) is 8.92.